The number of carbonyl (C=O) groups excluding carboxylic acids is 2. The molecule has 3 N–H and O–H groups in total. The summed E-state index contributed by atoms with van der Waals surface area (Å²) < 4.78 is 10.3. The maximum Gasteiger partial charge on any atom is 0.293 e. The smallest absolute Gasteiger partial charge is 0.293 e. The number of rotatable bonds is 5. The predicted molar refractivity (Wildman–Crippen MR) is 108 cm³/mol. The molecule has 3 rings (SSSR count). The number of methoxy groups -OCH3 is 1. The molecule has 2 amide bonds. The lowest BCUT2D eigenvalue weighted by Gasteiger charge is -2.13. The summed E-state index contributed by atoms with van der Waals surface area (Å²) in [6, 6.07) is 11.7. The summed E-state index contributed by atoms with van der Waals surface area (Å²) in [6.45, 7) is 0. The third-order valence-corrected chi connectivity index (χ3v) is 4.50. The minimum Gasteiger partial charge on any atom is -0.494 e. The van der Waals surface area contributed by atoms with Crippen LogP contribution in [0, 0.1) is 0 Å². The molecule has 0 aliphatic carbocycles. The van der Waals surface area contributed by atoms with Crippen LogP contribution in [0.5, 0.6) is 5.75 Å². The van der Waals surface area contributed by atoms with E-state index >= 15 is 0 Å². The molecule has 1 aromatic carbocycles. The molecule has 0 saturated heterocycles. The van der Waals surface area contributed by atoms with E-state index in [0.29, 0.717) is 22.0 Å². The number of carbonyl (C=O) groups is 2. The minimum absolute atomic E-state index is 0.105. The second-order valence-corrected chi connectivity index (χ2v) is 6.59. The third kappa shape index (κ3) is 4.72. The maximum absolute atomic E-state index is 12.2. The number of amides is 2. The second-order valence-electron chi connectivity index (χ2n) is 5.23. The molecule has 138 valence electrons. The quantitative estimate of drug-likeness (QED) is 0.564. The van der Waals surface area contributed by atoms with Crippen molar-refractivity contribution in [2.75, 3.05) is 17.7 Å². The van der Waals surface area contributed by atoms with E-state index < -0.39 is 5.91 Å². The van der Waals surface area contributed by atoms with E-state index in [-0.39, 0.29) is 16.8 Å². The van der Waals surface area contributed by atoms with Crippen molar-refractivity contribution in [1.82, 2.24) is 5.32 Å². The van der Waals surface area contributed by atoms with Gasteiger partial charge in [0.2, 0.25) is 0 Å². The molecule has 0 spiro atoms. The van der Waals surface area contributed by atoms with Gasteiger partial charge in [0.25, 0.3) is 11.8 Å². The highest BCUT2D eigenvalue weighted by molar-refractivity contribution is 7.80. The fourth-order valence-corrected chi connectivity index (χ4v) is 3.03. The van der Waals surface area contributed by atoms with Crippen LogP contribution in [0.25, 0.3) is 0 Å². The molecule has 0 fully saturated rings. The first-order valence-corrected chi connectivity index (χ1v) is 9.04. The van der Waals surface area contributed by atoms with Crippen LogP contribution < -0.4 is 20.7 Å². The van der Waals surface area contributed by atoms with Crippen LogP contribution in [0.3, 0.4) is 0 Å². The van der Waals surface area contributed by atoms with Gasteiger partial charge in [0.1, 0.15) is 5.75 Å². The highest BCUT2D eigenvalue weighted by Crippen LogP contribution is 2.28. The van der Waals surface area contributed by atoms with Gasteiger partial charge >= 0.3 is 0 Å². The van der Waals surface area contributed by atoms with Gasteiger partial charge < -0.3 is 19.8 Å². The molecule has 0 aliphatic rings. The summed E-state index contributed by atoms with van der Waals surface area (Å²) in [5.41, 5.74) is 1.11. The van der Waals surface area contributed by atoms with E-state index in [2.05, 4.69) is 16.0 Å². The lowest BCUT2D eigenvalue weighted by atomic mass is 10.2. The van der Waals surface area contributed by atoms with Gasteiger partial charge in [-0.15, -0.1) is 11.3 Å². The highest BCUT2D eigenvalue weighted by atomic mass is 32.1. The molecular weight excluding hydrogens is 386 g/mol. The minimum atomic E-state index is -0.454. The topological polar surface area (TPSA) is 92.6 Å². The number of nitrogens with one attached hydrogen (secondary N) is 3. The average Bonchev–Trinajstić information content (AvgIpc) is 3.36. The number of hydrogen-bond donors (Lipinski definition) is 3. The summed E-state index contributed by atoms with van der Waals surface area (Å²) in [6.07, 6.45) is 1.40. The van der Waals surface area contributed by atoms with Crippen molar-refractivity contribution >= 4 is 51.9 Å². The molecule has 0 radical (unpaired) electrons. The molecule has 0 atom stereocenters. The number of benzene rings is 1. The molecule has 3 aromatic rings. The Morgan fingerprint density at radius 2 is 1.96 bits per heavy atom. The highest BCUT2D eigenvalue weighted by Gasteiger charge is 2.13. The maximum atomic E-state index is 12.2. The molecular formula is C18H15N3O4S2. The predicted octanol–water partition coefficient (Wildman–Crippen LogP) is 3.73. The number of hydrogen-bond acceptors (Lipinski definition) is 6. The van der Waals surface area contributed by atoms with Gasteiger partial charge in [0.15, 0.2) is 10.9 Å². The normalized spacial score (nSPS) is 10.1. The van der Waals surface area contributed by atoms with Crippen molar-refractivity contribution in [3.05, 3.63) is 64.7 Å². The Hall–Kier alpha value is -3.17. The van der Waals surface area contributed by atoms with Crippen LogP contribution in [-0.2, 0) is 0 Å². The molecule has 7 nitrogen and oxygen atoms in total. The van der Waals surface area contributed by atoms with Crippen molar-refractivity contribution < 1.29 is 18.7 Å². The zero-order chi connectivity index (χ0) is 19.2. The van der Waals surface area contributed by atoms with Crippen molar-refractivity contribution in [2.45, 2.75) is 0 Å². The molecule has 0 unspecified atom stereocenters. The van der Waals surface area contributed by atoms with E-state index in [1.54, 1.807) is 30.3 Å². The van der Waals surface area contributed by atoms with E-state index in [4.69, 9.17) is 21.4 Å². The first-order chi connectivity index (χ1) is 13.1. The molecule has 0 bridgehead atoms. The van der Waals surface area contributed by atoms with Gasteiger partial charge in [-0.3, -0.25) is 14.9 Å². The summed E-state index contributed by atoms with van der Waals surface area (Å²) in [7, 11) is 1.50. The number of thiophene rings is 1. The Kier molecular flexibility index (Phi) is 5.84. The SMILES string of the molecule is COc1cc(NC(=S)NC(=O)c2ccco2)ccc1NC(=O)c1cccs1. The Bertz CT molecular complexity index is 953. The largest absolute Gasteiger partial charge is 0.494 e. The number of thiocarbonyl (C=S) groups is 1. The first kappa shape index (κ1) is 18.6. The summed E-state index contributed by atoms with van der Waals surface area (Å²) in [5.74, 6) is -0.0667. The lowest BCUT2D eigenvalue weighted by Crippen LogP contribution is -2.33. The summed E-state index contributed by atoms with van der Waals surface area (Å²) >= 11 is 6.48. The number of anilines is 2. The van der Waals surface area contributed by atoms with Gasteiger partial charge in [-0.05, 0) is 47.9 Å². The molecule has 0 aliphatic heterocycles. The molecule has 2 aromatic heterocycles. The van der Waals surface area contributed by atoms with Crippen molar-refractivity contribution in [2.24, 2.45) is 0 Å². The van der Waals surface area contributed by atoms with Crippen molar-refractivity contribution in [3.8, 4) is 5.75 Å². The first-order valence-electron chi connectivity index (χ1n) is 7.75. The van der Waals surface area contributed by atoms with Crippen LogP contribution in [0.15, 0.2) is 58.5 Å². The molecule has 27 heavy (non-hydrogen) atoms. The zero-order valence-corrected chi connectivity index (χ0v) is 15.8. The zero-order valence-electron chi connectivity index (χ0n) is 14.1. The Balaban J connectivity index is 1.65. The summed E-state index contributed by atoms with van der Waals surface area (Å²) in [5, 5.41) is 10.1. The molecule has 9 heteroatoms. The fraction of sp³-hybridized carbons (Fsp3) is 0.0556. The van der Waals surface area contributed by atoms with Crippen molar-refractivity contribution in [3.63, 3.8) is 0 Å². The van der Waals surface area contributed by atoms with Gasteiger partial charge in [-0.1, -0.05) is 6.07 Å². The molecule has 2 heterocycles. The second kappa shape index (κ2) is 8.47. The van der Waals surface area contributed by atoms with Crippen molar-refractivity contribution in [1.29, 1.82) is 0 Å². The Morgan fingerprint density at radius 1 is 1.11 bits per heavy atom. The monoisotopic (exact) mass is 401 g/mol. The van der Waals surface area contributed by atoms with E-state index in [1.165, 1.54) is 30.8 Å². The van der Waals surface area contributed by atoms with E-state index in [9.17, 15) is 9.59 Å². The fourth-order valence-electron chi connectivity index (χ4n) is 2.20. The van der Waals surface area contributed by atoms with Gasteiger partial charge in [-0.2, -0.15) is 0 Å². The standard InChI is InChI=1S/C18H15N3O4S2/c1-24-14-10-11(19-18(26)21-16(22)13-4-2-8-25-13)6-7-12(14)20-17(23)15-5-3-9-27-15/h2-10H,1H3,(H,20,23)(H2,19,21,22,26). The lowest BCUT2D eigenvalue weighted by molar-refractivity contribution is 0.0950. The average molecular weight is 401 g/mol. The van der Waals surface area contributed by atoms with Crippen LogP contribution in [-0.4, -0.2) is 24.0 Å². The van der Waals surface area contributed by atoms with Gasteiger partial charge in [0.05, 0.1) is 23.9 Å². The Labute approximate surface area is 164 Å². The molecule has 0 saturated carbocycles. The Morgan fingerprint density at radius 3 is 2.63 bits per heavy atom. The van der Waals surface area contributed by atoms with Crippen LogP contribution in [0.4, 0.5) is 11.4 Å². The van der Waals surface area contributed by atoms with Gasteiger partial charge in [-0.25, -0.2) is 0 Å². The van der Waals surface area contributed by atoms with Crippen LogP contribution in [0.1, 0.15) is 20.2 Å². The van der Waals surface area contributed by atoms with E-state index in [1.807, 2.05) is 11.4 Å². The number of furan rings is 1. The van der Waals surface area contributed by atoms with Crippen LogP contribution in [0.2, 0.25) is 0 Å². The number of ether oxygens (including phenoxy) is 1. The van der Waals surface area contributed by atoms with Crippen LogP contribution >= 0.6 is 23.6 Å². The van der Waals surface area contributed by atoms with Gasteiger partial charge in [0, 0.05) is 11.8 Å². The summed E-state index contributed by atoms with van der Waals surface area (Å²) in [4.78, 5) is 24.7. The van der Waals surface area contributed by atoms with E-state index in [0.717, 1.165) is 0 Å². The third-order valence-electron chi connectivity index (χ3n) is 3.42.